The maximum Gasteiger partial charge on any atom is 0.238 e. The molecule has 0 saturated carbocycles. The van der Waals surface area contributed by atoms with Gasteiger partial charge in [-0.3, -0.25) is 28.9 Å². The molecule has 3 aliphatic carbocycles. The minimum atomic E-state index is -0.734. The summed E-state index contributed by atoms with van der Waals surface area (Å²) in [5, 5.41) is 10.5. The van der Waals surface area contributed by atoms with Crippen LogP contribution in [0, 0.1) is 21.3 Å². The number of carbonyl (C=O) groups is 5. The average molecular weight is 726 g/mol. The molecule has 1 aliphatic heterocycles. The van der Waals surface area contributed by atoms with Crippen molar-refractivity contribution >= 4 is 57.4 Å². The van der Waals surface area contributed by atoms with E-state index in [1.807, 2.05) is 34.7 Å². The summed E-state index contributed by atoms with van der Waals surface area (Å²) in [4.78, 5) is 69.3. The van der Waals surface area contributed by atoms with Gasteiger partial charge in [-0.1, -0.05) is 42.0 Å². The van der Waals surface area contributed by atoms with Crippen LogP contribution in [0.2, 0.25) is 0 Å². The van der Waals surface area contributed by atoms with Crippen molar-refractivity contribution < 1.29 is 33.8 Å². The van der Waals surface area contributed by atoms with Gasteiger partial charge >= 0.3 is 0 Å². The normalized spacial score (nSPS) is 23.8. The number of hydrogen-bond acceptors (Lipinski definition) is 7. The Morgan fingerprint density at radius 3 is 2.33 bits per heavy atom. The van der Waals surface area contributed by atoms with Crippen LogP contribution in [0.15, 0.2) is 101 Å². The summed E-state index contributed by atoms with van der Waals surface area (Å²) in [5.74, 6) is -3.68. The third kappa shape index (κ3) is 4.59. The van der Waals surface area contributed by atoms with Gasteiger partial charge in [0.15, 0.2) is 28.8 Å². The van der Waals surface area contributed by atoms with Crippen LogP contribution >= 0.6 is 22.6 Å². The third-order valence-electron chi connectivity index (χ3n) is 9.59. The van der Waals surface area contributed by atoms with Gasteiger partial charge in [0.05, 0.1) is 28.2 Å². The second-order valence-electron chi connectivity index (χ2n) is 12.0. The number of carbonyl (C=O) groups excluding carboxylic acids is 5. The number of nitrogens with zero attached hydrogens (tertiary/aromatic N) is 1. The Morgan fingerprint density at radius 2 is 1.63 bits per heavy atom. The van der Waals surface area contributed by atoms with Gasteiger partial charge in [0, 0.05) is 33.8 Å². The summed E-state index contributed by atoms with van der Waals surface area (Å²) >= 11 is 2.00. The zero-order valence-electron chi connectivity index (χ0n) is 25.0. The number of hydrogen-bond donors (Lipinski definition) is 1. The largest absolute Gasteiger partial charge is 0.504 e. The lowest BCUT2D eigenvalue weighted by molar-refractivity contribution is -0.123. The van der Waals surface area contributed by atoms with Gasteiger partial charge < -0.3 is 9.84 Å². The Bertz CT molecular complexity index is 1970. The quantitative estimate of drug-likeness (QED) is 0.115. The van der Waals surface area contributed by atoms with E-state index in [4.69, 9.17) is 4.74 Å². The minimum absolute atomic E-state index is 0.0309. The molecule has 1 fully saturated rings. The molecule has 4 aliphatic rings. The second-order valence-corrected chi connectivity index (χ2v) is 13.2. The van der Waals surface area contributed by atoms with Crippen molar-refractivity contribution in [2.45, 2.75) is 25.7 Å². The number of aromatic hydroxyl groups is 1. The van der Waals surface area contributed by atoms with Crippen molar-refractivity contribution in [3.8, 4) is 11.5 Å². The van der Waals surface area contributed by atoms with Gasteiger partial charge in [-0.15, -0.1) is 0 Å². The SMILES string of the molecule is COc1cc(C2C3=CCC4C(=O)N(c5ccc(C(=O)c6ccccc6)cc5)C(=O)C4C3CC3=C2C(=O)C=C(C)C3=O)cc(I)c1O. The summed E-state index contributed by atoms with van der Waals surface area (Å²) in [7, 11) is 1.44. The van der Waals surface area contributed by atoms with Crippen LogP contribution < -0.4 is 9.64 Å². The molecule has 0 spiro atoms. The molecule has 7 rings (SSSR count). The van der Waals surface area contributed by atoms with Gasteiger partial charge in [0.2, 0.25) is 11.8 Å². The number of amides is 2. The molecule has 0 radical (unpaired) electrons. The molecule has 3 aromatic carbocycles. The standard InChI is InChI=1S/C37H28INO7/c1-18-14-28(40)32-26(33(18)41)17-25-23(30(32)21-15-27(38)35(43)29(16-21)46-2)12-13-24-31(25)37(45)39(36(24)44)22-10-8-20(9-11-22)34(42)19-6-4-3-5-7-19/h3-12,14-16,24-25,30-31,43H,13,17H2,1-2H3. The highest BCUT2D eigenvalue weighted by Gasteiger charge is 2.56. The van der Waals surface area contributed by atoms with E-state index in [1.165, 1.54) is 18.1 Å². The highest BCUT2D eigenvalue weighted by Crippen LogP contribution is 2.56. The van der Waals surface area contributed by atoms with Crippen LogP contribution in [-0.4, -0.2) is 41.4 Å². The maximum absolute atomic E-state index is 14.2. The first-order valence-electron chi connectivity index (χ1n) is 14.9. The number of fused-ring (bicyclic) bond motifs is 3. The molecular weight excluding hydrogens is 697 g/mol. The third-order valence-corrected chi connectivity index (χ3v) is 10.4. The topological polar surface area (TPSA) is 118 Å². The van der Waals surface area contributed by atoms with E-state index in [1.54, 1.807) is 67.6 Å². The number of phenols is 1. The lowest BCUT2D eigenvalue weighted by Gasteiger charge is -2.42. The summed E-state index contributed by atoms with van der Waals surface area (Å²) < 4.78 is 5.94. The van der Waals surface area contributed by atoms with Crippen LogP contribution in [0.5, 0.6) is 11.5 Å². The Balaban J connectivity index is 1.28. The number of allylic oxidation sites excluding steroid dienone is 6. The van der Waals surface area contributed by atoms with E-state index in [9.17, 15) is 29.1 Å². The highest BCUT2D eigenvalue weighted by atomic mass is 127. The number of methoxy groups -OCH3 is 1. The number of rotatable bonds is 5. The van der Waals surface area contributed by atoms with Crippen molar-refractivity contribution in [1.82, 2.24) is 0 Å². The maximum atomic E-state index is 14.2. The van der Waals surface area contributed by atoms with Crippen LogP contribution in [-0.2, 0) is 19.2 Å². The number of ketones is 3. The van der Waals surface area contributed by atoms with Gasteiger partial charge in [-0.2, -0.15) is 0 Å². The number of imide groups is 1. The van der Waals surface area contributed by atoms with Crippen molar-refractivity contribution in [1.29, 1.82) is 0 Å². The predicted molar refractivity (Wildman–Crippen MR) is 178 cm³/mol. The smallest absolute Gasteiger partial charge is 0.238 e. The van der Waals surface area contributed by atoms with Crippen LogP contribution in [0.4, 0.5) is 5.69 Å². The number of Topliss-reactive ketones (excluding diaryl/α,β-unsaturated/α-hetero) is 1. The van der Waals surface area contributed by atoms with Gasteiger partial charge in [-0.05, 0) is 96.3 Å². The molecule has 1 saturated heterocycles. The first-order chi connectivity index (χ1) is 22.1. The number of ether oxygens (including phenoxy) is 1. The molecule has 46 heavy (non-hydrogen) atoms. The van der Waals surface area contributed by atoms with Crippen molar-refractivity contribution in [2.24, 2.45) is 17.8 Å². The summed E-state index contributed by atoms with van der Waals surface area (Å²) in [6.07, 6.45) is 3.77. The molecule has 8 nitrogen and oxygen atoms in total. The predicted octanol–water partition coefficient (Wildman–Crippen LogP) is 5.87. The molecule has 4 unspecified atom stereocenters. The number of phenolic OH excluding ortho intramolecular Hbond substituents is 1. The Kier molecular flexibility index (Phi) is 7.38. The molecule has 0 bridgehead atoms. The van der Waals surface area contributed by atoms with E-state index < -0.39 is 23.7 Å². The van der Waals surface area contributed by atoms with E-state index in [-0.39, 0.29) is 47.1 Å². The molecular formula is C37H28INO7. The Morgan fingerprint density at radius 1 is 0.935 bits per heavy atom. The fourth-order valence-corrected chi connectivity index (χ4v) is 8.08. The molecule has 230 valence electrons. The fraction of sp³-hybridized carbons (Fsp3) is 0.216. The summed E-state index contributed by atoms with van der Waals surface area (Å²) in [6.45, 7) is 1.61. The van der Waals surface area contributed by atoms with Crippen molar-refractivity contribution in [2.75, 3.05) is 12.0 Å². The second kappa shape index (κ2) is 11.3. The summed E-state index contributed by atoms with van der Waals surface area (Å²) in [5.41, 5.74) is 3.88. The lowest BCUT2D eigenvalue weighted by atomic mass is 9.59. The first-order valence-corrected chi connectivity index (χ1v) is 16.0. The zero-order valence-corrected chi connectivity index (χ0v) is 27.1. The Labute approximate surface area is 278 Å². The van der Waals surface area contributed by atoms with Crippen LogP contribution in [0.3, 0.4) is 0 Å². The van der Waals surface area contributed by atoms with E-state index >= 15 is 0 Å². The zero-order chi connectivity index (χ0) is 32.4. The van der Waals surface area contributed by atoms with Gasteiger partial charge in [0.25, 0.3) is 0 Å². The summed E-state index contributed by atoms with van der Waals surface area (Å²) in [6, 6.07) is 18.8. The van der Waals surface area contributed by atoms with Crippen LogP contribution in [0.1, 0.15) is 47.2 Å². The average Bonchev–Trinajstić information content (AvgIpc) is 3.33. The minimum Gasteiger partial charge on any atom is -0.504 e. The van der Waals surface area contributed by atoms with Gasteiger partial charge in [-0.25, -0.2) is 0 Å². The molecule has 1 N–H and O–H groups in total. The van der Waals surface area contributed by atoms with Crippen molar-refractivity contribution in [3.05, 3.63) is 121 Å². The molecule has 1 heterocycles. The Hall–Kier alpha value is -4.64. The highest BCUT2D eigenvalue weighted by molar-refractivity contribution is 14.1. The lowest BCUT2D eigenvalue weighted by Crippen LogP contribution is -2.39. The van der Waals surface area contributed by atoms with E-state index in [0.717, 1.165) is 5.57 Å². The van der Waals surface area contributed by atoms with E-state index in [0.29, 0.717) is 49.1 Å². The van der Waals surface area contributed by atoms with Crippen LogP contribution in [0.25, 0.3) is 0 Å². The number of halogens is 1. The number of anilines is 1. The molecule has 4 atom stereocenters. The molecule has 3 aromatic rings. The fourth-order valence-electron chi connectivity index (χ4n) is 7.45. The molecule has 9 heteroatoms. The van der Waals surface area contributed by atoms with Crippen molar-refractivity contribution in [3.63, 3.8) is 0 Å². The number of benzene rings is 3. The molecule has 0 aromatic heterocycles. The van der Waals surface area contributed by atoms with Gasteiger partial charge in [0.1, 0.15) is 0 Å². The monoisotopic (exact) mass is 725 g/mol. The van der Waals surface area contributed by atoms with E-state index in [2.05, 4.69) is 0 Å². The first kappa shape index (κ1) is 30.0. The molecule has 2 amide bonds.